The number of amides is 1. The Balaban J connectivity index is 2.69. The highest BCUT2D eigenvalue weighted by atomic mass is 19.1. The lowest BCUT2D eigenvalue weighted by Gasteiger charge is -2.13. The number of ether oxygens (including phenoxy) is 1. The van der Waals surface area contributed by atoms with Crippen LogP contribution >= 0.6 is 0 Å². The SMILES string of the molecule is COCCC(NC(=O)c1cccc(F)c1)C(=O)O. The number of carbonyl (C=O) groups excluding carboxylic acids is 1. The van der Waals surface area contributed by atoms with Crippen molar-refractivity contribution in [1.29, 1.82) is 0 Å². The topological polar surface area (TPSA) is 75.6 Å². The van der Waals surface area contributed by atoms with Crippen molar-refractivity contribution in [1.82, 2.24) is 5.32 Å². The second-order valence-corrected chi connectivity index (χ2v) is 3.66. The summed E-state index contributed by atoms with van der Waals surface area (Å²) in [6.45, 7) is 0.209. The van der Waals surface area contributed by atoms with E-state index >= 15 is 0 Å². The Bertz CT molecular complexity index is 436. The Hall–Kier alpha value is -1.95. The summed E-state index contributed by atoms with van der Waals surface area (Å²) in [5.74, 6) is -2.33. The molecule has 1 amide bonds. The molecule has 1 unspecified atom stereocenters. The first-order chi connectivity index (χ1) is 8.54. The Morgan fingerprint density at radius 3 is 2.78 bits per heavy atom. The average Bonchev–Trinajstić information content (AvgIpc) is 2.33. The quantitative estimate of drug-likeness (QED) is 0.796. The van der Waals surface area contributed by atoms with Crippen LogP contribution in [-0.4, -0.2) is 36.7 Å². The number of aliphatic carboxylic acids is 1. The van der Waals surface area contributed by atoms with Gasteiger partial charge in [-0.15, -0.1) is 0 Å². The van der Waals surface area contributed by atoms with Crippen molar-refractivity contribution in [2.45, 2.75) is 12.5 Å². The summed E-state index contributed by atoms with van der Waals surface area (Å²) >= 11 is 0. The zero-order chi connectivity index (χ0) is 13.5. The lowest BCUT2D eigenvalue weighted by Crippen LogP contribution is -2.41. The minimum Gasteiger partial charge on any atom is -0.480 e. The van der Waals surface area contributed by atoms with Crippen LogP contribution in [0.3, 0.4) is 0 Å². The molecule has 6 heteroatoms. The van der Waals surface area contributed by atoms with Gasteiger partial charge < -0.3 is 15.2 Å². The molecule has 0 heterocycles. The van der Waals surface area contributed by atoms with E-state index < -0.39 is 23.7 Å². The Kier molecular flexibility index (Phi) is 5.26. The smallest absolute Gasteiger partial charge is 0.326 e. The number of rotatable bonds is 6. The molecule has 0 spiro atoms. The zero-order valence-corrected chi connectivity index (χ0v) is 9.85. The monoisotopic (exact) mass is 255 g/mol. The fraction of sp³-hybridized carbons (Fsp3) is 0.333. The predicted octanol–water partition coefficient (Wildman–Crippen LogP) is 1.05. The summed E-state index contributed by atoms with van der Waals surface area (Å²) in [7, 11) is 1.44. The highest BCUT2D eigenvalue weighted by Gasteiger charge is 2.20. The molecule has 98 valence electrons. The maximum atomic E-state index is 12.9. The van der Waals surface area contributed by atoms with Crippen LogP contribution in [0.15, 0.2) is 24.3 Å². The van der Waals surface area contributed by atoms with E-state index in [0.29, 0.717) is 0 Å². The first-order valence-electron chi connectivity index (χ1n) is 5.32. The van der Waals surface area contributed by atoms with Crippen molar-refractivity contribution in [3.05, 3.63) is 35.6 Å². The summed E-state index contributed by atoms with van der Waals surface area (Å²) in [5.41, 5.74) is 0.0821. The van der Waals surface area contributed by atoms with Crippen molar-refractivity contribution in [3.63, 3.8) is 0 Å². The number of carbonyl (C=O) groups is 2. The van der Waals surface area contributed by atoms with Gasteiger partial charge in [-0.2, -0.15) is 0 Å². The second kappa shape index (κ2) is 6.70. The van der Waals surface area contributed by atoms with E-state index in [1.54, 1.807) is 0 Å². The fourth-order valence-electron chi connectivity index (χ4n) is 1.36. The largest absolute Gasteiger partial charge is 0.480 e. The van der Waals surface area contributed by atoms with E-state index in [1.165, 1.54) is 25.3 Å². The number of nitrogens with one attached hydrogen (secondary N) is 1. The first-order valence-corrected chi connectivity index (χ1v) is 5.32. The zero-order valence-electron chi connectivity index (χ0n) is 9.85. The van der Waals surface area contributed by atoms with Gasteiger partial charge in [0.15, 0.2) is 0 Å². The van der Waals surface area contributed by atoms with Crippen molar-refractivity contribution < 1.29 is 23.8 Å². The van der Waals surface area contributed by atoms with Gasteiger partial charge in [0.05, 0.1) is 0 Å². The van der Waals surface area contributed by atoms with Gasteiger partial charge in [-0.1, -0.05) is 6.07 Å². The second-order valence-electron chi connectivity index (χ2n) is 3.66. The van der Waals surface area contributed by atoms with Gasteiger partial charge >= 0.3 is 5.97 Å². The van der Waals surface area contributed by atoms with Crippen LogP contribution in [0, 0.1) is 5.82 Å². The van der Waals surface area contributed by atoms with Gasteiger partial charge in [0.1, 0.15) is 11.9 Å². The third-order valence-corrected chi connectivity index (χ3v) is 2.30. The van der Waals surface area contributed by atoms with Gasteiger partial charge in [-0.3, -0.25) is 4.79 Å². The van der Waals surface area contributed by atoms with Crippen molar-refractivity contribution >= 4 is 11.9 Å². The number of hydrogen-bond acceptors (Lipinski definition) is 3. The maximum Gasteiger partial charge on any atom is 0.326 e. The Morgan fingerprint density at radius 2 is 2.22 bits per heavy atom. The van der Waals surface area contributed by atoms with E-state index in [-0.39, 0.29) is 18.6 Å². The van der Waals surface area contributed by atoms with Gasteiger partial charge in [0.2, 0.25) is 0 Å². The first kappa shape index (κ1) is 14.1. The third-order valence-electron chi connectivity index (χ3n) is 2.30. The minimum absolute atomic E-state index is 0.0821. The normalized spacial score (nSPS) is 11.9. The van der Waals surface area contributed by atoms with Gasteiger partial charge in [-0.25, -0.2) is 9.18 Å². The minimum atomic E-state index is -1.16. The number of carboxylic acid groups (broad SMARTS) is 1. The summed E-state index contributed by atoms with van der Waals surface area (Å²) < 4.78 is 17.7. The van der Waals surface area contributed by atoms with Crippen LogP contribution in [0.25, 0.3) is 0 Å². The standard InChI is InChI=1S/C12H14FNO4/c1-18-6-5-10(12(16)17)14-11(15)8-3-2-4-9(13)7-8/h2-4,7,10H,5-6H2,1H3,(H,14,15)(H,16,17). The van der Waals surface area contributed by atoms with Crippen molar-refractivity contribution in [3.8, 4) is 0 Å². The molecule has 0 bridgehead atoms. The summed E-state index contributed by atoms with van der Waals surface area (Å²) in [6.07, 6.45) is 0.146. The highest BCUT2D eigenvalue weighted by molar-refractivity contribution is 5.96. The predicted molar refractivity (Wildman–Crippen MR) is 61.8 cm³/mol. The lowest BCUT2D eigenvalue weighted by atomic mass is 10.1. The molecule has 1 rings (SSSR count). The maximum absolute atomic E-state index is 12.9. The molecule has 0 fully saturated rings. The number of hydrogen-bond donors (Lipinski definition) is 2. The van der Waals surface area contributed by atoms with Crippen molar-refractivity contribution in [2.75, 3.05) is 13.7 Å². The fourth-order valence-corrected chi connectivity index (χ4v) is 1.36. The van der Waals surface area contributed by atoms with E-state index in [1.807, 2.05) is 0 Å². The molecule has 0 aliphatic carbocycles. The van der Waals surface area contributed by atoms with Crippen molar-refractivity contribution in [2.24, 2.45) is 0 Å². The van der Waals surface area contributed by atoms with E-state index in [0.717, 1.165) is 6.07 Å². The number of methoxy groups -OCH3 is 1. The highest BCUT2D eigenvalue weighted by Crippen LogP contribution is 2.04. The van der Waals surface area contributed by atoms with Gasteiger partial charge in [0, 0.05) is 25.7 Å². The molecular formula is C12H14FNO4. The molecule has 1 atom stereocenters. The molecule has 0 saturated heterocycles. The Labute approximate surface area is 104 Å². The van der Waals surface area contributed by atoms with Gasteiger partial charge in [-0.05, 0) is 18.2 Å². The molecule has 1 aromatic rings. The number of carboxylic acids is 1. The molecule has 1 aromatic carbocycles. The Morgan fingerprint density at radius 1 is 1.50 bits per heavy atom. The molecule has 0 aliphatic rings. The molecule has 5 nitrogen and oxygen atoms in total. The molecular weight excluding hydrogens is 241 g/mol. The number of halogens is 1. The molecule has 0 aliphatic heterocycles. The average molecular weight is 255 g/mol. The third kappa shape index (κ3) is 4.14. The van der Waals surface area contributed by atoms with E-state index in [9.17, 15) is 14.0 Å². The van der Waals surface area contributed by atoms with Crippen LogP contribution in [0.4, 0.5) is 4.39 Å². The summed E-state index contributed by atoms with van der Waals surface area (Å²) in [4.78, 5) is 22.6. The molecule has 18 heavy (non-hydrogen) atoms. The van der Waals surface area contributed by atoms with E-state index in [2.05, 4.69) is 5.32 Å². The van der Waals surface area contributed by atoms with Gasteiger partial charge in [0.25, 0.3) is 5.91 Å². The molecule has 2 N–H and O–H groups in total. The summed E-state index contributed by atoms with van der Waals surface area (Å²) in [6, 6.07) is 3.99. The van der Waals surface area contributed by atoms with Crippen LogP contribution in [0.2, 0.25) is 0 Å². The molecule has 0 saturated carbocycles. The van der Waals surface area contributed by atoms with Crippen LogP contribution in [-0.2, 0) is 9.53 Å². The lowest BCUT2D eigenvalue weighted by molar-refractivity contribution is -0.139. The molecule has 0 aromatic heterocycles. The van der Waals surface area contributed by atoms with Crippen LogP contribution in [0.1, 0.15) is 16.8 Å². The van der Waals surface area contributed by atoms with Crippen LogP contribution < -0.4 is 5.32 Å². The number of benzene rings is 1. The van der Waals surface area contributed by atoms with E-state index in [4.69, 9.17) is 9.84 Å². The van der Waals surface area contributed by atoms with Crippen LogP contribution in [0.5, 0.6) is 0 Å². The summed E-state index contributed by atoms with van der Waals surface area (Å²) in [5, 5.41) is 11.2. The molecule has 0 radical (unpaired) electrons.